The average molecular weight is 536 g/mol. The van der Waals surface area contributed by atoms with Gasteiger partial charge >= 0.3 is 0 Å². The van der Waals surface area contributed by atoms with E-state index < -0.39 is 29.0 Å². The topological polar surface area (TPSA) is 66.0 Å². The largest absolute Gasteiger partial charge is 0.492 e. The second-order valence-corrected chi connectivity index (χ2v) is 6.02. The Balaban J connectivity index is 0.00000450. The van der Waals surface area contributed by atoms with E-state index in [2.05, 4.69) is 15.6 Å². The van der Waals surface area contributed by atoms with E-state index in [-0.39, 0.29) is 30.5 Å². The molecule has 0 fully saturated rings. The average Bonchev–Trinajstić information content (AvgIpc) is 2.72. The number of ether oxygens (including phenoxy) is 1. The van der Waals surface area contributed by atoms with Crippen LogP contribution < -0.4 is 15.4 Å². The maximum absolute atomic E-state index is 13.6. The lowest BCUT2D eigenvalue weighted by molar-refractivity contribution is -0.114. The van der Waals surface area contributed by atoms with Crippen LogP contribution in [0.4, 0.5) is 18.9 Å². The summed E-state index contributed by atoms with van der Waals surface area (Å²) >= 11 is 0. The van der Waals surface area contributed by atoms with Crippen LogP contribution in [0.2, 0.25) is 0 Å². The lowest BCUT2D eigenvalue weighted by Gasteiger charge is -2.22. The Morgan fingerprint density at radius 3 is 2.47 bits per heavy atom. The summed E-state index contributed by atoms with van der Waals surface area (Å²) < 4.78 is 45.5. The van der Waals surface area contributed by atoms with Gasteiger partial charge in [0, 0.05) is 13.6 Å². The molecule has 0 aliphatic rings. The number of hydrogen-bond donors (Lipinski definition) is 2. The van der Waals surface area contributed by atoms with Crippen LogP contribution >= 0.6 is 24.0 Å². The molecule has 2 aromatic rings. The van der Waals surface area contributed by atoms with Crippen molar-refractivity contribution in [3.05, 3.63) is 59.9 Å². The molecule has 0 spiro atoms. The fourth-order valence-corrected chi connectivity index (χ4v) is 2.35. The highest BCUT2D eigenvalue weighted by Crippen LogP contribution is 2.19. The van der Waals surface area contributed by atoms with Gasteiger partial charge in [-0.25, -0.2) is 18.2 Å². The molecule has 0 heterocycles. The van der Waals surface area contributed by atoms with Crippen molar-refractivity contribution in [3.63, 3.8) is 0 Å². The van der Waals surface area contributed by atoms with Gasteiger partial charge in [0.25, 0.3) is 0 Å². The molecule has 0 aliphatic carbocycles. The summed E-state index contributed by atoms with van der Waals surface area (Å²) in [5.41, 5.74) is -0.446. The molecule has 1 amide bonds. The summed E-state index contributed by atoms with van der Waals surface area (Å²) in [5.74, 6) is -3.89. The number of rotatable bonds is 8. The highest BCUT2D eigenvalue weighted by atomic mass is 127. The molecule has 0 radical (unpaired) electrons. The first-order chi connectivity index (χ1) is 13.9. The summed E-state index contributed by atoms with van der Waals surface area (Å²) in [6, 6.07) is 11.0. The number of nitrogens with zero attached hydrogens (tertiary/aromatic N) is 2. The van der Waals surface area contributed by atoms with E-state index in [9.17, 15) is 18.0 Å². The van der Waals surface area contributed by atoms with E-state index in [1.54, 1.807) is 11.9 Å². The lowest BCUT2D eigenvalue weighted by Crippen LogP contribution is -2.41. The number of guanidine groups is 1. The van der Waals surface area contributed by atoms with Crippen molar-refractivity contribution in [3.8, 4) is 5.75 Å². The Morgan fingerprint density at radius 1 is 1.10 bits per heavy atom. The Kier molecular flexibility index (Phi) is 11.0. The zero-order valence-corrected chi connectivity index (χ0v) is 19.0. The van der Waals surface area contributed by atoms with Crippen molar-refractivity contribution in [1.82, 2.24) is 10.2 Å². The summed E-state index contributed by atoms with van der Waals surface area (Å²) in [4.78, 5) is 18.0. The van der Waals surface area contributed by atoms with Crippen LogP contribution in [0.5, 0.6) is 5.75 Å². The number of likely N-dealkylation sites (N-methyl/N-ethyl adjacent to an activating group) is 1. The van der Waals surface area contributed by atoms with Crippen molar-refractivity contribution >= 4 is 41.5 Å². The molecule has 2 rings (SSSR count). The number of aliphatic imine (C=N–C) groups is 1. The van der Waals surface area contributed by atoms with Gasteiger partial charge in [0.15, 0.2) is 23.4 Å². The Morgan fingerprint density at radius 2 is 1.80 bits per heavy atom. The third-order valence-corrected chi connectivity index (χ3v) is 3.82. The van der Waals surface area contributed by atoms with Gasteiger partial charge in [-0.15, -0.1) is 24.0 Å². The third kappa shape index (κ3) is 7.73. The fourth-order valence-electron chi connectivity index (χ4n) is 2.35. The van der Waals surface area contributed by atoms with Crippen molar-refractivity contribution in [2.24, 2.45) is 4.99 Å². The van der Waals surface area contributed by atoms with Crippen molar-refractivity contribution in [2.45, 2.75) is 6.92 Å². The maximum atomic E-state index is 13.6. The molecular weight excluding hydrogens is 512 g/mol. The highest BCUT2D eigenvalue weighted by molar-refractivity contribution is 14.0. The molecule has 2 N–H and O–H groups in total. The first kappa shape index (κ1) is 25.5. The molecule has 0 aromatic heterocycles. The number of nitrogens with one attached hydrogen (secondary N) is 2. The zero-order chi connectivity index (χ0) is 21.2. The molecule has 0 aliphatic heterocycles. The van der Waals surface area contributed by atoms with E-state index in [1.807, 2.05) is 37.3 Å². The molecule has 0 saturated heterocycles. The lowest BCUT2D eigenvalue weighted by atomic mass is 10.3. The van der Waals surface area contributed by atoms with Crippen LogP contribution in [0.25, 0.3) is 0 Å². The number of para-hydroxylation sites is 1. The van der Waals surface area contributed by atoms with E-state index in [0.717, 1.165) is 17.9 Å². The predicted molar refractivity (Wildman–Crippen MR) is 121 cm³/mol. The summed E-state index contributed by atoms with van der Waals surface area (Å²) in [7, 11) is 1.78. The summed E-state index contributed by atoms with van der Waals surface area (Å²) in [6.07, 6.45) is 0. The van der Waals surface area contributed by atoms with Gasteiger partial charge in [-0.3, -0.25) is 4.79 Å². The molecule has 6 nitrogen and oxygen atoms in total. The smallest absolute Gasteiger partial charge is 0.246 e. The monoisotopic (exact) mass is 536 g/mol. The van der Waals surface area contributed by atoms with Gasteiger partial charge in [0.1, 0.15) is 18.9 Å². The quantitative estimate of drug-likeness (QED) is 0.234. The zero-order valence-electron chi connectivity index (χ0n) is 16.6. The number of hydrogen-bond acceptors (Lipinski definition) is 3. The molecule has 2 aromatic carbocycles. The van der Waals surface area contributed by atoms with Gasteiger partial charge < -0.3 is 20.3 Å². The van der Waals surface area contributed by atoms with Gasteiger partial charge in [-0.2, -0.15) is 0 Å². The highest BCUT2D eigenvalue weighted by Gasteiger charge is 2.15. The van der Waals surface area contributed by atoms with Gasteiger partial charge in [-0.1, -0.05) is 18.2 Å². The Hall–Kier alpha value is -2.50. The van der Waals surface area contributed by atoms with Crippen LogP contribution in [0.1, 0.15) is 6.92 Å². The molecule has 0 saturated carbocycles. The van der Waals surface area contributed by atoms with E-state index in [1.165, 1.54) is 0 Å². The maximum Gasteiger partial charge on any atom is 0.246 e. The minimum Gasteiger partial charge on any atom is -0.492 e. The molecule has 0 atom stereocenters. The van der Waals surface area contributed by atoms with Crippen molar-refractivity contribution in [2.75, 3.05) is 38.6 Å². The van der Waals surface area contributed by atoms with E-state index >= 15 is 0 Å². The van der Waals surface area contributed by atoms with Crippen LogP contribution in [0.15, 0.2) is 47.5 Å². The van der Waals surface area contributed by atoms with Crippen LogP contribution in [-0.4, -0.2) is 50.1 Å². The number of carbonyl (C=O) groups is 1. The molecular formula is C20H24F3IN4O2. The van der Waals surface area contributed by atoms with Gasteiger partial charge in [0.2, 0.25) is 5.91 Å². The first-order valence-corrected chi connectivity index (χ1v) is 9.03. The van der Waals surface area contributed by atoms with Gasteiger partial charge in [-0.05, 0) is 31.2 Å². The fraction of sp³-hybridized carbons (Fsp3) is 0.300. The molecule has 30 heavy (non-hydrogen) atoms. The second kappa shape index (κ2) is 12.9. The molecule has 0 unspecified atom stereocenters. The molecule has 164 valence electrons. The molecule has 10 heteroatoms. The number of halogens is 4. The SMILES string of the molecule is CCNC(=NCC(=O)Nc1ccc(F)c(F)c1F)N(C)CCOc1ccccc1.I. The van der Waals surface area contributed by atoms with Crippen molar-refractivity contribution in [1.29, 1.82) is 0 Å². The van der Waals surface area contributed by atoms with Gasteiger partial charge in [0.05, 0.1) is 12.2 Å². The van der Waals surface area contributed by atoms with Crippen LogP contribution in [-0.2, 0) is 4.79 Å². The minimum absolute atomic E-state index is 0. The van der Waals surface area contributed by atoms with E-state index in [0.29, 0.717) is 25.7 Å². The Bertz CT molecular complexity index is 853. The number of carbonyl (C=O) groups excluding carboxylic acids is 1. The van der Waals surface area contributed by atoms with Crippen LogP contribution in [0.3, 0.4) is 0 Å². The van der Waals surface area contributed by atoms with Crippen molar-refractivity contribution < 1.29 is 22.7 Å². The number of amides is 1. The standard InChI is InChI=1S/C20H23F3N4O2.HI/c1-3-24-20(27(2)11-12-29-14-7-5-4-6-8-14)25-13-17(28)26-16-10-9-15(21)18(22)19(16)23;/h4-10H,3,11-13H2,1-2H3,(H,24,25)(H,26,28);1H. The normalized spacial score (nSPS) is 10.8. The van der Waals surface area contributed by atoms with E-state index in [4.69, 9.17) is 4.74 Å². The summed E-state index contributed by atoms with van der Waals surface area (Å²) in [5, 5.41) is 5.22. The first-order valence-electron chi connectivity index (χ1n) is 9.03. The minimum atomic E-state index is -1.64. The second-order valence-electron chi connectivity index (χ2n) is 6.02. The number of anilines is 1. The third-order valence-electron chi connectivity index (χ3n) is 3.82. The van der Waals surface area contributed by atoms with Crippen LogP contribution in [0, 0.1) is 17.5 Å². The predicted octanol–water partition coefficient (Wildman–Crippen LogP) is 3.64. The Labute approximate surface area is 190 Å². The number of benzene rings is 2. The molecule has 0 bridgehead atoms. The summed E-state index contributed by atoms with van der Waals surface area (Å²) in [6.45, 7) is 3.02.